The topological polar surface area (TPSA) is 42.1 Å². The molecule has 0 saturated heterocycles. The minimum absolute atomic E-state index is 0.0916. The lowest BCUT2D eigenvalue weighted by Crippen LogP contribution is -2.46. The molecule has 1 aromatic rings. The molecule has 0 bridgehead atoms. The number of nitrogens with two attached hydrogens (primary N) is 1. The summed E-state index contributed by atoms with van der Waals surface area (Å²) in [6, 6.07) is 4.06. The van der Waals surface area contributed by atoms with Gasteiger partial charge in [-0.15, -0.1) is 0 Å². The summed E-state index contributed by atoms with van der Waals surface area (Å²) in [6.07, 6.45) is 5.90. The number of aromatic nitrogens is 1. The van der Waals surface area contributed by atoms with Gasteiger partial charge in [0.1, 0.15) is 0 Å². The van der Waals surface area contributed by atoms with Crippen molar-refractivity contribution < 1.29 is 0 Å². The van der Waals surface area contributed by atoms with Crippen molar-refractivity contribution in [2.75, 3.05) is 13.6 Å². The third-order valence-electron chi connectivity index (χ3n) is 2.63. The molecule has 1 aromatic heterocycles. The van der Waals surface area contributed by atoms with E-state index in [-0.39, 0.29) is 5.54 Å². The Labute approximate surface area is 98.7 Å². The van der Waals surface area contributed by atoms with Crippen molar-refractivity contribution in [2.45, 2.75) is 38.8 Å². The van der Waals surface area contributed by atoms with Crippen LogP contribution in [0.2, 0.25) is 0 Å². The molecule has 1 unspecified atom stereocenters. The Kier molecular flexibility index (Phi) is 4.90. The van der Waals surface area contributed by atoms with Gasteiger partial charge in [-0.05, 0) is 32.0 Å². The molecule has 0 fully saturated rings. The smallest absolute Gasteiger partial charge is 0.0312 e. The first-order chi connectivity index (χ1) is 7.53. The van der Waals surface area contributed by atoms with E-state index in [0.29, 0.717) is 0 Å². The fourth-order valence-corrected chi connectivity index (χ4v) is 2.13. The van der Waals surface area contributed by atoms with Gasteiger partial charge >= 0.3 is 0 Å². The van der Waals surface area contributed by atoms with Gasteiger partial charge in [0.15, 0.2) is 0 Å². The molecule has 0 aliphatic rings. The summed E-state index contributed by atoms with van der Waals surface area (Å²) in [5, 5.41) is 0. The summed E-state index contributed by atoms with van der Waals surface area (Å²) in [4.78, 5) is 6.37. The van der Waals surface area contributed by atoms with Gasteiger partial charge in [0, 0.05) is 31.0 Å². The van der Waals surface area contributed by atoms with Gasteiger partial charge in [-0.2, -0.15) is 0 Å². The van der Waals surface area contributed by atoms with Crippen molar-refractivity contribution in [3.05, 3.63) is 30.1 Å². The maximum Gasteiger partial charge on any atom is 0.0312 e. The van der Waals surface area contributed by atoms with Crippen LogP contribution in [-0.2, 0) is 6.54 Å². The van der Waals surface area contributed by atoms with Crippen LogP contribution in [0.1, 0.15) is 32.3 Å². The Morgan fingerprint density at radius 2 is 2.25 bits per heavy atom. The maximum absolute atomic E-state index is 6.22. The van der Waals surface area contributed by atoms with Crippen LogP contribution in [0.25, 0.3) is 0 Å². The number of hydrogen-bond donors (Lipinski definition) is 1. The maximum atomic E-state index is 6.22. The normalized spacial score (nSPS) is 15.1. The molecule has 0 aliphatic carbocycles. The molecule has 3 nitrogen and oxygen atoms in total. The number of rotatable bonds is 6. The van der Waals surface area contributed by atoms with Crippen molar-refractivity contribution in [1.29, 1.82) is 0 Å². The van der Waals surface area contributed by atoms with Crippen LogP contribution in [0.5, 0.6) is 0 Å². The van der Waals surface area contributed by atoms with Gasteiger partial charge in [0.25, 0.3) is 0 Å². The van der Waals surface area contributed by atoms with Crippen LogP contribution >= 0.6 is 0 Å². The van der Waals surface area contributed by atoms with E-state index in [1.807, 2.05) is 12.3 Å². The zero-order chi connectivity index (χ0) is 12.0. The molecule has 0 aromatic carbocycles. The lowest BCUT2D eigenvalue weighted by atomic mass is 9.97. The minimum Gasteiger partial charge on any atom is -0.324 e. The first kappa shape index (κ1) is 13.1. The van der Waals surface area contributed by atoms with Gasteiger partial charge in [-0.3, -0.25) is 4.98 Å². The highest BCUT2D eigenvalue weighted by molar-refractivity contribution is 5.08. The van der Waals surface area contributed by atoms with Crippen LogP contribution in [0, 0.1) is 0 Å². The molecule has 3 heteroatoms. The van der Waals surface area contributed by atoms with Crippen molar-refractivity contribution in [3.63, 3.8) is 0 Å². The van der Waals surface area contributed by atoms with E-state index in [4.69, 9.17) is 5.73 Å². The minimum atomic E-state index is -0.0916. The molecular formula is C13H23N3. The first-order valence-corrected chi connectivity index (χ1v) is 5.90. The second-order valence-corrected chi connectivity index (χ2v) is 4.94. The fourth-order valence-electron chi connectivity index (χ4n) is 2.13. The van der Waals surface area contributed by atoms with E-state index in [2.05, 4.69) is 36.8 Å². The van der Waals surface area contributed by atoms with Gasteiger partial charge in [-0.1, -0.05) is 19.4 Å². The predicted molar refractivity (Wildman–Crippen MR) is 68.1 cm³/mol. The standard InChI is InChI=1S/C13H23N3/c1-4-7-13(2,14)11-16(3)10-12-6-5-8-15-9-12/h5-6,8-9H,4,7,10-11,14H2,1-3H3. The Morgan fingerprint density at radius 1 is 1.50 bits per heavy atom. The summed E-state index contributed by atoms with van der Waals surface area (Å²) in [5.41, 5.74) is 7.37. The van der Waals surface area contributed by atoms with Gasteiger partial charge in [0.05, 0.1) is 0 Å². The zero-order valence-electron chi connectivity index (χ0n) is 10.6. The van der Waals surface area contributed by atoms with E-state index >= 15 is 0 Å². The Hall–Kier alpha value is -0.930. The molecule has 16 heavy (non-hydrogen) atoms. The largest absolute Gasteiger partial charge is 0.324 e. The molecule has 90 valence electrons. The second-order valence-electron chi connectivity index (χ2n) is 4.94. The zero-order valence-corrected chi connectivity index (χ0v) is 10.6. The second kappa shape index (κ2) is 5.97. The van der Waals surface area contributed by atoms with Crippen molar-refractivity contribution in [3.8, 4) is 0 Å². The average molecular weight is 221 g/mol. The Morgan fingerprint density at radius 3 is 2.81 bits per heavy atom. The number of nitrogens with zero attached hydrogens (tertiary/aromatic N) is 2. The van der Waals surface area contributed by atoms with Crippen LogP contribution in [0.4, 0.5) is 0 Å². The molecular weight excluding hydrogens is 198 g/mol. The molecule has 0 spiro atoms. The molecule has 0 saturated carbocycles. The van der Waals surface area contributed by atoms with Crippen LogP contribution in [-0.4, -0.2) is 29.0 Å². The van der Waals surface area contributed by atoms with Gasteiger partial charge in [-0.25, -0.2) is 0 Å². The molecule has 0 aliphatic heterocycles. The number of likely N-dealkylation sites (N-methyl/N-ethyl adjacent to an activating group) is 1. The summed E-state index contributed by atoms with van der Waals surface area (Å²) in [5.74, 6) is 0. The van der Waals surface area contributed by atoms with Crippen LogP contribution in [0.15, 0.2) is 24.5 Å². The Balaban J connectivity index is 2.44. The third-order valence-corrected chi connectivity index (χ3v) is 2.63. The lowest BCUT2D eigenvalue weighted by Gasteiger charge is -2.30. The predicted octanol–water partition coefficient (Wildman–Crippen LogP) is 2.03. The van der Waals surface area contributed by atoms with E-state index in [1.165, 1.54) is 5.56 Å². The van der Waals surface area contributed by atoms with Crippen molar-refractivity contribution in [2.24, 2.45) is 5.73 Å². The molecule has 0 radical (unpaired) electrons. The first-order valence-electron chi connectivity index (χ1n) is 5.90. The molecule has 2 N–H and O–H groups in total. The van der Waals surface area contributed by atoms with Crippen molar-refractivity contribution in [1.82, 2.24) is 9.88 Å². The monoisotopic (exact) mass is 221 g/mol. The van der Waals surface area contributed by atoms with E-state index in [0.717, 1.165) is 25.9 Å². The van der Waals surface area contributed by atoms with Crippen LogP contribution in [0.3, 0.4) is 0 Å². The summed E-state index contributed by atoms with van der Waals surface area (Å²) in [6.45, 7) is 6.11. The highest BCUT2D eigenvalue weighted by atomic mass is 15.1. The highest BCUT2D eigenvalue weighted by Gasteiger charge is 2.19. The van der Waals surface area contributed by atoms with E-state index in [9.17, 15) is 0 Å². The fraction of sp³-hybridized carbons (Fsp3) is 0.615. The molecule has 0 amide bonds. The highest BCUT2D eigenvalue weighted by Crippen LogP contribution is 2.11. The number of pyridine rings is 1. The molecule has 1 rings (SSSR count). The van der Waals surface area contributed by atoms with Gasteiger partial charge in [0.2, 0.25) is 0 Å². The quantitative estimate of drug-likeness (QED) is 0.799. The number of hydrogen-bond acceptors (Lipinski definition) is 3. The van der Waals surface area contributed by atoms with E-state index < -0.39 is 0 Å². The molecule has 1 atom stereocenters. The Bertz CT molecular complexity index is 295. The molecule has 1 heterocycles. The lowest BCUT2D eigenvalue weighted by molar-refractivity contribution is 0.240. The average Bonchev–Trinajstić information content (AvgIpc) is 2.17. The summed E-state index contributed by atoms with van der Waals surface area (Å²) >= 11 is 0. The summed E-state index contributed by atoms with van der Waals surface area (Å²) in [7, 11) is 2.10. The SMILES string of the molecule is CCCC(C)(N)CN(C)Cc1cccnc1. The third kappa shape index (κ3) is 4.73. The van der Waals surface area contributed by atoms with Crippen LogP contribution < -0.4 is 5.73 Å². The van der Waals surface area contributed by atoms with Crippen molar-refractivity contribution >= 4 is 0 Å². The van der Waals surface area contributed by atoms with E-state index in [1.54, 1.807) is 6.20 Å². The summed E-state index contributed by atoms with van der Waals surface area (Å²) < 4.78 is 0. The van der Waals surface area contributed by atoms with Gasteiger partial charge < -0.3 is 10.6 Å².